The Hall–Kier alpha value is -2.37. The first-order chi connectivity index (χ1) is 10.1. The van der Waals surface area contributed by atoms with Gasteiger partial charge in [-0.25, -0.2) is 0 Å². The lowest BCUT2D eigenvalue weighted by Crippen LogP contribution is -2.42. The normalized spacial score (nSPS) is 16.3. The molecular formula is C15H17N3O3. The van der Waals surface area contributed by atoms with E-state index in [2.05, 4.69) is 10.9 Å². The van der Waals surface area contributed by atoms with Crippen molar-refractivity contribution in [2.75, 3.05) is 11.4 Å². The number of hydrogen-bond acceptors (Lipinski definition) is 3. The van der Waals surface area contributed by atoms with Gasteiger partial charge in [0.05, 0.1) is 0 Å². The number of hydrogen-bond donors (Lipinski definition) is 2. The van der Waals surface area contributed by atoms with Gasteiger partial charge < -0.3 is 4.90 Å². The number of carbonyl (C=O) groups excluding carboxylic acids is 3. The van der Waals surface area contributed by atoms with E-state index in [4.69, 9.17) is 0 Å². The fraction of sp³-hybridized carbons (Fsp3) is 0.400. The number of anilines is 1. The number of fused-ring (bicyclic) bond motifs is 1. The number of carbonyl (C=O) groups is 3. The molecule has 0 saturated heterocycles. The van der Waals surface area contributed by atoms with Crippen molar-refractivity contribution in [3.8, 4) is 0 Å². The van der Waals surface area contributed by atoms with Gasteiger partial charge in [0, 0.05) is 30.6 Å². The maximum Gasteiger partial charge on any atom is 0.269 e. The van der Waals surface area contributed by atoms with Crippen molar-refractivity contribution in [2.45, 2.75) is 26.2 Å². The van der Waals surface area contributed by atoms with Crippen LogP contribution in [0, 0.1) is 5.92 Å². The van der Waals surface area contributed by atoms with Crippen LogP contribution in [0.25, 0.3) is 0 Å². The summed E-state index contributed by atoms with van der Waals surface area (Å²) in [6.45, 7) is 2.18. The van der Waals surface area contributed by atoms with Crippen LogP contribution in [-0.2, 0) is 16.0 Å². The molecule has 6 heteroatoms. The van der Waals surface area contributed by atoms with Crippen LogP contribution in [0.1, 0.15) is 35.7 Å². The lowest BCUT2D eigenvalue weighted by molar-refractivity contribution is -0.123. The molecule has 1 heterocycles. The molecule has 1 fully saturated rings. The van der Waals surface area contributed by atoms with E-state index in [0.29, 0.717) is 12.1 Å². The lowest BCUT2D eigenvalue weighted by atomic mass is 10.1. The summed E-state index contributed by atoms with van der Waals surface area (Å²) in [5.74, 6) is -0.419. The summed E-state index contributed by atoms with van der Waals surface area (Å²) in [6.07, 6.45) is 2.52. The summed E-state index contributed by atoms with van der Waals surface area (Å²) in [4.78, 5) is 36.7. The highest BCUT2D eigenvalue weighted by Gasteiger charge is 2.30. The van der Waals surface area contributed by atoms with Gasteiger partial charge in [-0.15, -0.1) is 0 Å². The summed E-state index contributed by atoms with van der Waals surface area (Å²) in [7, 11) is 0. The minimum Gasteiger partial charge on any atom is -0.312 e. The van der Waals surface area contributed by atoms with Gasteiger partial charge in [0.1, 0.15) is 0 Å². The van der Waals surface area contributed by atoms with Gasteiger partial charge in [-0.1, -0.05) is 0 Å². The molecule has 3 amide bonds. The Kier molecular flexibility index (Phi) is 3.37. The van der Waals surface area contributed by atoms with Crippen LogP contribution < -0.4 is 15.8 Å². The maximum absolute atomic E-state index is 12.0. The second-order valence-corrected chi connectivity index (χ2v) is 5.48. The summed E-state index contributed by atoms with van der Waals surface area (Å²) in [5, 5.41) is 0. The van der Waals surface area contributed by atoms with E-state index in [1.165, 1.54) is 6.92 Å². The van der Waals surface area contributed by atoms with E-state index in [-0.39, 0.29) is 23.6 Å². The molecule has 0 spiro atoms. The smallest absolute Gasteiger partial charge is 0.269 e. The molecule has 110 valence electrons. The number of hydrazine groups is 1. The SMILES string of the molecule is CC(=O)N1CCc2cc(C(=O)NNC(=O)C3CC3)ccc21. The number of nitrogens with zero attached hydrogens (tertiary/aromatic N) is 1. The molecular weight excluding hydrogens is 270 g/mol. The van der Waals surface area contributed by atoms with Crippen molar-refractivity contribution in [3.63, 3.8) is 0 Å². The lowest BCUT2D eigenvalue weighted by Gasteiger charge is -2.14. The molecule has 0 unspecified atom stereocenters. The predicted molar refractivity (Wildman–Crippen MR) is 76.5 cm³/mol. The number of rotatable bonds is 2. The molecule has 1 aliphatic heterocycles. The molecule has 0 atom stereocenters. The average Bonchev–Trinajstić information content (AvgIpc) is 3.23. The molecule has 6 nitrogen and oxygen atoms in total. The van der Waals surface area contributed by atoms with Crippen molar-refractivity contribution in [3.05, 3.63) is 29.3 Å². The zero-order chi connectivity index (χ0) is 15.0. The number of amides is 3. The van der Waals surface area contributed by atoms with Crippen LogP contribution in [0.4, 0.5) is 5.69 Å². The minimum absolute atomic E-state index is 0.00245. The zero-order valence-electron chi connectivity index (χ0n) is 11.8. The van der Waals surface area contributed by atoms with Crippen LogP contribution >= 0.6 is 0 Å². The number of benzene rings is 1. The van der Waals surface area contributed by atoms with Crippen LogP contribution in [0.15, 0.2) is 18.2 Å². The summed E-state index contributed by atoms with van der Waals surface area (Å²) < 4.78 is 0. The molecule has 0 aromatic heterocycles. The van der Waals surface area contributed by atoms with E-state index < -0.39 is 0 Å². The van der Waals surface area contributed by atoms with Gasteiger partial charge in [0.2, 0.25) is 11.8 Å². The molecule has 1 saturated carbocycles. The third-order valence-electron chi connectivity index (χ3n) is 3.86. The topological polar surface area (TPSA) is 78.5 Å². The van der Waals surface area contributed by atoms with E-state index in [0.717, 1.165) is 30.5 Å². The molecule has 1 aromatic carbocycles. The van der Waals surface area contributed by atoms with Crippen LogP contribution in [0.2, 0.25) is 0 Å². The van der Waals surface area contributed by atoms with Crippen molar-refractivity contribution < 1.29 is 14.4 Å². The average molecular weight is 287 g/mol. The molecule has 2 N–H and O–H groups in total. The fourth-order valence-electron chi connectivity index (χ4n) is 2.51. The Morgan fingerprint density at radius 1 is 1.19 bits per heavy atom. The maximum atomic E-state index is 12.0. The molecule has 3 rings (SSSR count). The quantitative estimate of drug-likeness (QED) is 0.789. The minimum atomic E-state index is -0.340. The Bertz CT molecular complexity index is 623. The highest BCUT2D eigenvalue weighted by molar-refractivity contribution is 5.98. The van der Waals surface area contributed by atoms with Crippen molar-refractivity contribution in [2.24, 2.45) is 5.92 Å². The largest absolute Gasteiger partial charge is 0.312 e. The third-order valence-corrected chi connectivity index (χ3v) is 3.86. The van der Waals surface area contributed by atoms with E-state index in [1.807, 2.05) is 0 Å². The predicted octanol–water partition coefficient (Wildman–Crippen LogP) is 0.767. The molecule has 21 heavy (non-hydrogen) atoms. The van der Waals surface area contributed by atoms with Gasteiger partial charge in [-0.3, -0.25) is 25.2 Å². The van der Waals surface area contributed by atoms with Gasteiger partial charge in [0.25, 0.3) is 5.91 Å². The van der Waals surface area contributed by atoms with Gasteiger partial charge >= 0.3 is 0 Å². The van der Waals surface area contributed by atoms with Crippen LogP contribution in [0.3, 0.4) is 0 Å². The highest BCUT2D eigenvalue weighted by atomic mass is 16.2. The Morgan fingerprint density at radius 2 is 1.95 bits per heavy atom. The second-order valence-electron chi connectivity index (χ2n) is 5.48. The van der Waals surface area contributed by atoms with E-state index in [1.54, 1.807) is 23.1 Å². The van der Waals surface area contributed by atoms with Gasteiger partial charge in [-0.05, 0) is 43.0 Å². The first kappa shape index (κ1) is 13.6. The summed E-state index contributed by atoms with van der Waals surface area (Å²) in [5.41, 5.74) is 7.18. The van der Waals surface area contributed by atoms with Gasteiger partial charge in [-0.2, -0.15) is 0 Å². The summed E-state index contributed by atoms with van der Waals surface area (Å²) >= 11 is 0. The Balaban J connectivity index is 1.67. The van der Waals surface area contributed by atoms with E-state index in [9.17, 15) is 14.4 Å². The summed E-state index contributed by atoms with van der Waals surface area (Å²) in [6, 6.07) is 5.22. The Labute approximate surface area is 122 Å². The van der Waals surface area contributed by atoms with E-state index >= 15 is 0 Å². The first-order valence-electron chi connectivity index (χ1n) is 7.07. The zero-order valence-corrected chi connectivity index (χ0v) is 11.8. The highest BCUT2D eigenvalue weighted by Crippen LogP contribution is 2.29. The van der Waals surface area contributed by atoms with Crippen LogP contribution in [-0.4, -0.2) is 24.3 Å². The molecule has 0 bridgehead atoms. The Morgan fingerprint density at radius 3 is 2.62 bits per heavy atom. The second kappa shape index (κ2) is 5.20. The van der Waals surface area contributed by atoms with Crippen molar-refractivity contribution >= 4 is 23.4 Å². The van der Waals surface area contributed by atoms with Crippen LogP contribution in [0.5, 0.6) is 0 Å². The molecule has 1 aliphatic carbocycles. The molecule has 1 aromatic rings. The first-order valence-corrected chi connectivity index (χ1v) is 7.07. The number of nitrogens with one attached hydrogen (secondary N) is 2. The fourth-order valence-corrected chi connectivity index (χ4v) is 2.51. The third kappa shape index (κ3) is 2.74. The van der Waals surface area contributed by atoms with Crippen molar-refractivity contribution in [1.82, 2.24) is 10.9 Å². The molecule has 2 aliphatic rings. The van der Waals surface area contributed by atoms with Gasteiger partial charge in [0.15, 0.2) is 0 Å². The monoisotopic (exact) mass is 287 g/mol. The standard InChI is InChI=1S/C15H17N3O3/c1-9(19)18-7-6-11-8-12(4-5-13(11)18)15(21)17-16-14(20)10-2-3-10/h4-5,8,10H,2-3,6-7H2,1H3,(H,16,20)(H,17,21). The van der Waals surface area contributed by atoms with Crippen molar-refractivity contribution in [1.29, 1.82) is 0 Å². The molecule has 0 radical (unpaired) electrons.